The molecule has 1 aromatic carbocycles. The van der Waals surface area contributed by atoms with E-state index in [1.165, 1.54) is 22.3 Å². The number of carbonyl (C=O) groups is 1. The predicted octanol–water partition coefficient (Wildman–Crippen LogP) is 2.57. The smallest absolute Gasteiger partial charge is 0.221 e. The van der Waals surface area contributed by atoms with Crippen molar-refractivity contribution in [1.29, 1.82) is 5.26 Å². The topological polar surface area (TPSA) is 52.9 Å². The highest BCUT2D eigenvalue weighted by atomic mass is 16.1. The van der Waals surface area contributed by atoms with E-state index in [9.17, 15) is 4.79 Å². The quantitative estimate of drug-likeness (QED) is 0.865. The van der Waals surface area contributed by atoms with Gasteiger partial charge >= 0.3 is 0 Å². The van der Waals surface area contributed by atoms with Gasteiger partial charge in [0, 0.05) is 19.4 Å². The molecule has 0 bridgehead atoms. The van der Waals surface area contributed by atoms with E-state index in [0.717, 1.165) is 6.42 Å². The Labute approximate surface area is 109 Å². The highest BCUT2D eigenvalue weighted by Crippen LogP contribution is 2.17. The van der Waals surface area contributed by atoms with Gasteiger partial charge in [0.05, 0.1) is 6.07 Å². The lowest BCUT2D eigenvalue weighted by Crippen LogP contribution is -2.25. The van der Waals surface area contributed by atoms with Crippen LogP contribution in [-0.4, -0.2) is 12.5 Å². The largest absolute Gasteiger partial charge is 0.356 e. The summed E-state index contributed by atoms with van der Waals surface area (Å²) >= 11 is 0. The fourth-order valence-electron chi connectivity index (χ4n) is 1.88. The third kappa shape index (κ3) is 3.89. The zero-order valence-corrected chi connectivity index (χ0v) is 11.3. The maximum absolute atomic E-state index is 11.3. The van der Waals surface area contributed by atoms with Crippen molar-refractivity contribution in [3.05, 3.63) is 34.4 Å². The summed E-state index contributed by atoms with van der Waals surface area (Å²) in [7, 11) is 0. The normalized spacial score (nSPS) is 9.89. The molecule has 96 valence electrons. The fraction of sp³-hybridized carbons (Fsp3) is 0.467. The van der Waals surface area contributed by atoms with Crippen LogP contribution in [0.25, 0.3) is 0 Å². The molecule has 1 N–H and O–H groups in total. The highest BCUT2D eigenvalue weighted by molar-refractivity contribution is 5.76. The van der Waals surface area contributed by atoms with Gasteiger partial charge in [0.25, 0.3) is 0 Å². The van der Waals surface area contributed by atoms with Crippen LogP contribution in [0.1, 0.15) is 35.1 Å². The molecule has 0 saturated heterocycles. The van der Waals surface area contributed by atoms with Gasteiger partial charge < -0.3 is 5.32 Å². The molecule has 0 heterocycles. The molecule has 0 aliphatic heterocycles. The summed E-state index contributed by atoms with van der Waals surface area (Å²) in [5.74, 6) is -0.0435. The second-order valence-electron chi connectivity index (χ2n) is 4.55. The molecule has 3 heteroatoms. The van der Waals surface area contributed by atoms with E-state index in [0.29, 0.717) is 13.0 Å². The molecule has 0 spiro atoms. The second kappa shape index (κ2) is 6.80. The Hall–Kier alpha value is -1.82. The number of nitrogens with one attached hydrogen (secondary N) is 1. The number of hydrogen-bond donors (Lipinski definition) is 1. The Morgan fingerprint density at radius 1 is 1.28 bits per heavy atom. The summed E-state index contributed by atoms with van der Waals surface area (Å²) in [5, 5.41) is 11.2. The van der Waals surface area contributed by atoms with Crippen molar-refractivity contribution in [2.24, 2.45) is 0 Å². The van der Waals surface area contributed by atoms with Gasteiger partial charge in [-0.2, -0.15) is 5.26 Å². The van der Waals surface area contributed by atoms with E-state index in [2.05, 4.69) is 38.2 Å². The third-order valence-electron chi connectivity index (χ3n) is 3.35. The first kappa shape index (κ1) is 14.2. The van der Waals surface area contributed by atoms with Crippen molar-refractivity contribution in [3.63, 3.8) is 0 Å². The van der Waals surface area contributed by atoms with Crippen LogP contribution in [0.2, 0.25) is 0 Å². The molecule has 0 saturated carbocycles. The van der Waals surface area contributed by atoms with Gasteiger partial charge in [0.1, 0.15) is 0 Å². The molecule has 0 radical (unpaired) electrons. The van der Waals surface area contributed by atoms with Crippen molar-refractivity contribution >= 4 is 5.91 Å². The van der Waals surface area contributed by atoms with Crippen LogP contribution in [-0.2, 0) is 11.2 Å². The lowest BCUT2D eigenvalue weighted by molar-refractivity contribution is -0.120. The van der Waals surface area contributed by atoms with Gasteiger partial charge in [0.15, 0.2) is 0 Å². The summed E-state index contributed by atoms with van der Waals surface area (Å²) < 4.78 is 0. The maximum Gasteiger partial charge on any atom is 0.221 e. The number of nitriles is 1. The average molecular weight is 244 g/mol. The fourth-order valence-corrected chi connectivity index (χ4v) is 1.88. The van der Waals surface area contributed by atoms with Crippen molar-refractivity contribution in [3.8, 4) is 6.07 Å². The molecule has 1 aromatic rings. The molecule has 0 unspecified atom stereocenters. The number of carbonyl (C=O) groups excluding carboxylic acids is 1. The van der Waals surface area contributed by atoms with Gasteiger partial charge in [-0.05, 0) is 49.4 Å². The Balaban J connectivity index is 2.48. The first-order valence-corrected chi connectivity index (χ1v) is 6.25. The van der Waals surface area contributed by atoms with E-state index < -0.39 is 0 Å². The van der Waals surface area contributed by atoms with E-state index in [4.69, 9.17) is 5.26 Å². The van der Waals surface area contributed by atoms with E-state index in [-0.39, 0.29) is 12.3 Å². The first-order valence-electron chi connectivity index (χ1n) is 6.25. The lowest BCUT2D eigenvalue weighted by Gasteiger charge is -2.11. The van der Waals surface area contributed by atoms with Crippen molar-refractivity contribution in [2.75, 3.05) is 6.54 Å². The van der Waals surface area contributed by atoms with Crippen LogP contribution >= 0.6 is 0 Å². The summed E-state index contributed by atoms with van der Waals surface area (Å²) in [6.07, 6.45) is 1.42. The predicted molar refractivity (Wildman–Crippen MR) is 72.2 cm³/mol. The molecule has 1 amide bonds. The zero-order valence-electron chi connectivity index (χ0n) is 11.3. The molecular weight excluding hydrogens is 224 g/mol. The van der Waals surface area contributed by atoms with Crippen LogP contribution in [0, 0.1) is 32.1 Å². The number of hydrogen-bond acceptors (Lipinski definition) is 2. The molecule has 0 fully saturated rings. The second-order valence-corrected chi connectivity index (χ2v) is 4.55. The summed E-state index contributed by atoms with van der Waals surface area (Å²) in [6, 6.07) is 6.21. The van der Waals surface area contributed by atoms with Gasteiger partial charge in [-0.25, -0.2) is 0 Å². The zero-order chi connectivity index (χ0) is 13.5. The summed E-state index contributed by atoms with van der Waals surface area (Å²) in [4.78, 5) is 11.3. The standard InChI is InChI=1S/C15H20N2O/c1-11-6-7-14(13(3)12(11)2)8-10-17-15(18)5-4-9-16/h6-7H,4-5,8,10H2,1-3H3,(H,17,18). The molecule has 3 nitrogen and oxygen atoms in total. The average Bonchev–Trinajstić information content (AvgIpc) is 2.36. The molecule has 1 rings (SSSR count). The highest BCUT2D eigenvalue weighted by Gasteiger charge is 2.05. The minimum absolute atomic E-state index is 0.0435. The van der Waals surface area contributed by atoms with E-state index >= 15 is 0 Å². The Kier molecular flexibility index (Phi) is 5.38. The summed E-state index contributed by atoms with van der Waals surface area (Å²) in [6.45, 7) is 6.98. The molecule has 0 atom stereocenters. The lowest BCUT2D eigenvalue weighted by atomic mass is 9.97. The van der Waals surface area contributed by atoms with Crippen LogP contribution in [0.4, 0.5) is 0 Å². The number of nitrogens with zero attached hydrogens (tertiary/aromatic N) is 1. The monoisotopic (exact) mass is 244 g/mol. The maximum atomic E-state index is 11.3. The number of aryl methyl sites for hydroxylation is 1. The van der Waals surface area contributed by atoms with Crippen LogP contribution < -0.4 is 5.32 Å². The molecule has 0 aliphatic carbocycles. The minimum atomic E-state index is -0.0435. The van der Waals surface area contributed by atoms with Crippen molar-refractivity contribution in [1.82, 2.24) is 5.32 Å². The van der Waals surface area contributed by atoms with Gasteiger partial charge in [0.2, 0.25) is 5.91 Å². The third-order valence-corrected chi connectivity index (χ3v) is 3.35. The van der Waals surface area contributed by atoms with Crippen molar-refractivity contribution < 1.29 is 4.79 Å². The Morgan fingerprint density at radius 2 is 2.00 bits per heavy atom. The first-order chi connectivity index (χ1) is 8.56. The van der Waals surface area contributed by atoms with Crippen LogP contribution in [0.15, 0.2) is 12.1 Å². The van der Waals surface area contributed by atoms with Crippen molar-refractivity contribution in [2.45, 2.75) is 40.0 Å². The SMILES string of the molecule is Cc1ccc(CCNC(=O)CCC#N)c(C)c1C. The number of rotatable bonds is 5. The molecule has 0 aromatic heterocycles. The number of amides is 1. The molecule has 18 heavy (non-hydrogen) atoms. The van der Waals surface area contributed by atoms with Gasteiger partial charge in [-0.3, -0.25) is 4.79 Å². The minimum Gasteiger partial charge on any atom is -0.356 e. The van der Waals surface area contributed by atoms with Gasteiger partial charge in [-0.1, -0.05) is 12.1 Å². The van der Waals surface area contributed by atoms with Gasteiger partial charge in [-0.15, -0.1) is 0 Å². The molecule has 0 aliphatic rings. The Bertz CT molecular complexity index is 472. The van der Waals surface area contributed by atoms with Crippen LogP contribution in [0.3, 0.4) is 0 Å². The summed E-state index contributed by atoms with van der Waals surface area (Å²) in [5.41, 5.74) is 5.21. The van der Waals surface area contributed by atoms with E-state index in [1.807, 2.05) is 6.07 Å². The van der Waals surface area contributed by atoms with Crippen LogP contribution in [0.5, 0.6) is 0 Å². The van der Waals surface area contributed by atoms with E-state index in [1.54, 1.807) is 0 Å². The molecular formula is C15H20N2O. The number of benzene rings is 1. The Morgan fingerprint density at radius 3 is 2.67 bits per heavy atom.